The molecule has 0 aliphatic carbocycles. The summed E-state index contributed by atoms with van der Waals surface area (Å²) in [6.45, 7) is 7.18. The molecule has 0 atom stereocenters. The molecule has 1 aromatic carbocycles. The SMILES string of the molecule is CC(C)CN(CCN(C)C)c1nc2ccc(N)cc2o1. The highest BCUT2D eigenvalue weighted by Gasteiger charge is 2.15. The number of aromatic nitrogens is 1. The highest BCUT2D eigenvalue weighted by molar-refractivity contribution is 5.78. The van der Waals surface area contributed by atoms with Crippen molar-refractivity contribution in [3.8, 4) is 0 Å². The average molecular weight is 276 g/mol. The molecule has 1 aromatic heterocycles. The minimum atomic E-state index is 0.553. The maximum atomic E-state index is 5.86. The van der Waals surface area contributed by atoms with Crippen molar-refractivity contribution < 1.29 is 4.42 Å². The molecule has 20 heavy (non-hydrogen) atoms. The van der Waals surface area contributed by atoms with Gasteiger partial charge in [-0.2, -0.15) is 4.98 Å². The Morgan fingerprint density at radius 1 is 1.25 bits per heavy atom. The molecule has 0 aliphatic rings. The third-order valence-corrected chi connectivity index (χ3v) is 3.07. The lowest BCUT2D eigenvalue weighted by Gasteiger charge is -2.24. The summed E-state index contributed by atoms with van der Waals surface area (Å²) in [6, 6.07) is 6.25. The number of likely N-dealkylation sites (N-methyl/N-ethyl adjacent to an activating group) is 1. The van der Waals surface area contributed by atoms with Gasteiger partial charge in [-0.05, 0) is 32.1 Å². The van der Waals surface area contributed by atoms with Gasteiger partial charge in [0, 0.05) is 31.4 Å². The van der Waals surface area contributed by atoms with Crippen molar-refractivity contribution in [1.29, 1.82) is 0 Å². The first-order valence-corrected chi connectivity index (χ1v) is 7.01. The first kappa shape index (κ1) is 14.7. The summed E-state index contributed by atoms with van der Waals surface area (Å²) < 4.78 is 5.86. The monoisotopic (exact) mass is 276 g/mol. The van der Waals surface area contributed by atoms with Crippen LogP contribution in [0.25, 0.3) is 11.1 Å². The molecule has 5 nitrogen and oxygen atoms in total. The van der Waals surface area contributed by atoms with E-state index in [-0.39, 0.29) is 0 Å². The normalized spacial score (nSPS) is 11.7. The Hall–Kier alpha value is -1.75. The number of oxazole rings is 1. The number of rotatable bonds is 6. The van der Waals surface area contributed by atoms with Crippen LogP contribution in [0.5, 0.6) is 0 Å². The van der Waals surface area contributed by atoms with E-state index in [1.54, 1.807) is 0 Å². The van der Waals surface area contributed by atoms with Crippen LogP contribution in [0.2, 0.25) is 0 Å². The zero-order chi connectivity index (χ0) is 14.7. The molecule has 0 radical (unpaired) electrons. The quantitative estimate of drug-likeness (QED) is 0.821. The summed E-state index contributed by atoms with van der Waals surface area (Å²) >= 11 is 0. The molecule has 0 fully saturated rings. The van der Waals surface area contributed by atoms with E-state index in [0.717, 1.165) is 30.7 Å². The second kappa shape index (κ2) is 6.13. The number of nitrogen functional groups attached to an aromatic ring is 1. The zero-order valence-electron chi connectivity index (χ0n) is 12.8. The highest BCUT2D eigenvalue weighted by atomic mass is 16.4. The van der Waals surface area contributed by atoms with Crippen LogP contribution in [-0.4, -0.2) is 43.6 Å². The minimum absolute atomic E-state index is 0.553. The van der Waals surface area contributed by atoms with Crippen molar-refractivity contribution in [3.05, 3.63) is 18.2 Å². The fourth-order valence-corrected chi connectivity index (χ4v) is 2.09. The molecule has 1 heterocycles. The molecule has 0 aliphatic heterocycles. The predicted octanol–water partition coefficient (Wildman–Crippen LogP) is 2.43. The molecular weight excluding hydrogens is 252 g/mol. The first-order chi connectivity index (χ1) is 9.45. The number of hydrogen-bond donors (Lipinski definition) is 1. The summed E-state index contributed by atoms with van der Waals surface area (Å²) in [5.41, 5.74) is 8.08. The van der Waals surface area contributed by atoms with Gasteiger partial charge in [-0.25, -0.2) is 0 Å². The van der Waals surface area contributed by atoms with Crippen molar-refractivity contribution in [2.45, 2.75) is 13.8 Å². The lowest BCUT2D eigenvalue weighted by Crippen LogP contribution is -2.34. The van der Waals surface area contributed by atoms with Gasteiger partial charge in [0.05, 0.1) is 0 Å². The van der Waals surface area contributed by atoms with Crippen LogP contribution in [-0.2, 0) is 0 Å². The van der Waals surface area contributed by atoms with Gasteiger partial charge >= 0.3 is 0 Å². The third-order valence-electron chi connectivity index (χ3n) is 3.07. The zero-order valence-corrected chi connectivity index (χ0v) is 12.8. The molecule has 0 bridgehead atoms. The molecule has 110 valence electrons. The Morgan fingerprint density at radius 3 is 2.65 bits per heavy atom. The molecular formula is C15H24N4O. The van der Waals surface area contributed by atoms with Crippen LogP contribution in [0.4, 0.5) is 11.7 Å². The van der Waals surface area contributed by atoms with Gasteiger partial charge in [0.25, 0.3) is 6.01 Å². The van der Waals surface area contributed by atoms with E-state index < -0.39 is 0 Å². The molecule has 0 unspecified atom stereocenters. The summed E-state index contributed by atoms with van der Waals surface area (Å²) in [7, 11) is 4.14. The summed E-state index contributed by atoms with van der Waals surface area (Å²) in [5.74, 6) is 0.553. The second-order valence-electron chi connectivity index (χ2n) is 5.87. The standard InChI is InChI=1S/C15H24N4O/c1-11(2)10-19(8-7-18(3)4)15-17-13-6-5-12(16)9-14(13)20-15/h5-6,9,11H,7-8,10,16H2,1-4H3. The first-order valence-electron chi connectivity index (χ1n) is 7.01. The second-order valence-corrected chi connectivity index (χ2v) is 5.87. The predicted molar refractivity (Wildman–Crippen MR) is 84.0 cm³/mol. The number of fused-ring (bicyclic) bond motifs is 1. The van der Waals surface area contributed by atoms with Gasteiger partial charge in [0.2, 0.25) is 0 Å². The van der Waals surface area contributed by atoms with Crippen molar-refractivity contribution >= 4 is 22.8 Å². The Labute approximate surface area is 120 Å². The fourth-order valence-electron chi connectivity index (χ4n) is 2.09. The number of anilines is 2. The molecule has 5 heteroatoms. The highest BCUT2D eigenvalue weighted by Crippen LogP contribution is 2.24. The van der Waals surface area contributed by atoms with E-state index in [0.29, 0.717) is 17.6 Å². The number of nitrogens with zero attached hydrogens (tertiary/aromatic N) is 3. The van der Waals surface area contributed by atoms with Crippen LogP contribution < -0.4 is 10.6 Å². The Bertz CT molecular complexity index is 562. The molecule has 0 saturated heterocycles. The van der Waals surface area contributed by atoms with Crippen molar-refractivity contribution in [3.63, 3.8) is 0 Å². The third kappa shape index (κ3) is 3.63. The molecule has 2 aromatic rings. The van der Waals surface area contributed by atoms with Gasteiger partial charge in [-0.1, -0.05) is 13.8 Å². The summed E-state index contributed by atoms with van der Waals surface area (Å²) in [5, 5.41) is 0. The topological polar surface area (TPSA) is 58.5 Å². The van der Waals surface area contributed by atoms with Crippen LogP contribution >= 0.6 is 0 Å². The summed E-state index contributed by atoms with van der Waals surface area (Å²) in [4.78, 5) is 8.93. The lowest BCUT2D eigenvalue weighted by molar-refractivity contribution is 0.401. The van der Waals surface area contributed by atoms with E-state index in [1.807, 2.05) is 18.2 Å². The van der Waals surface area contributed by atoms with Gasteiger partial charge in [-0.3, -0.25) is 0 Å². The maximum absolute atomic E-state index is 5.86. The minimum Gasteiger partial charge on any atom is -0.423 e. The van der Waals surface area contributed by atoms with Gasteiger partial charge in [-0.15, -0.1) is 0 Å². The molecule has 2 rings (SSSR count). The van der Waals surface area contributed by atoms with E-state index in [4.69, 9.17) is 10.2 Å². The smallest absolute Gasteiger partial charge is 0.298 e. The van der Waals surface area contributed by atoms with Crippen LogP contribution in [0, 0.1) is 5.92 Å². The lowest BCUT2D eigenvalue weighted by atomic mass is 10.2. The van der Waals surface area contributed by atoms with Crippen LogP contribution in [0.3, 0.4) is 0 Å². The van der Waals surface area contributed by atoms with E-state index >= 15 is 0 Å². The van der Waals surface area contributed by atoms with E-state index in [1.165, 1.54) is 0 Å². The maximum Gasteiger partial charge on any atom is 0.298 e. The van der Waals surface area contributed by atoms with E-state index in [2.05, 4.69) is 42.7 Å². The summed E-state index contributed by atoms with van der Waals surface area (Å²) in [6.07, 6.45) is 0. The van der Waals surface area contributed by atoms with Gasteiger partial charge < -0.3 is 20.0 Å². The average Bonchev–Trinajstić information content (AvgIpc) is 2.76. The number of hydrogen-bond acceptors (Lipinski definition) is 5. The van der Waals surface area contributed by atoms with Crippen molar-refractivity contribution in [1.82, 2.24) is 9.88 Å². The van der Waals surface area contributed by atoms with Crippen LogP contribution in [0.15, 0.2) is 22.6 Å². The molecule has 0 saturated carbocycles. The number of benzene rings is 1. The Kier molecular flexibility index (Phi) is 4.49. The molecule has 0 amide bonds. The van der Waals surface area contributed by atoms with Crippen LogP contribution in [0.1, 0.15) is 13.8 Å². The fraction of sp³-hybridized carbons (Fsp3) is 0.533. The van der Waals surface area contributed by atoms with Gasteiger partial charge in [0.1, 0.15) is 5.52 Å². The van der Waals surface area contributed by atoms with Crippen molar-refractivity contribution in [2.24, 2.45) is 5.92 Å². The Morgan fingerprint density at radius 2 is 2.00 bits per heavy atom. The van der Waals surface area contributed by atoms with E-state index in [9.17, 15) is 0 Å². The van der Waals surface area contributed by atoms with Gasteiger partial charge in [0.15, 0.2) is 5.58 Å². The Balaban J connectivity index is 2.24. The largest absolute Gasteiger partial charge is 0.423 e. The van der Waals surface area contributed by atoms with Crippen molar-refractivity contribution in [2.75, 3.05) is 44.4 Å². The number of nitrogens with two attached hydrogens (primary N) is 1. The molecule has 2 N–H and O–H groups in total. The molecule has 0 spiro atoms.